The second-order valence-electron chi connectivity index (χ2n) is 4.03. The lowest BCUT2D eigenvalue weighted by atomic mass is 10.1. The summed E-state index contributed by atoms with van der Waals surface area (Å²) in [6.45, 7) is 4.11. The van der Waals surface area contributed by atoms with Gasteiger partial charge in [-0.15, -0.1) is 0 Å². The third-order valence-electron chi connectivity index (χ3n) is 3.17. The van der Waals surface area contributed by atoms with Crippen molar-refractivity contribution in [3.8, 4) is 0 Å². The lowest BCUT2D eigenvalue weighted by molar-refractivity contribution is -0.121. The van der Waals surface area contributed by atoms with E-state index in [4.69, 9.17) is 5.73 Å². The summed E-state index contributed by atoms with van der Waals surface area (Å²) in [6, 6.07) is 0.643. The van der Waals surface area contributed by atoms with Gasteiger partial charge in [0.2, 0.25) is 5.91 Å². The number of rotatable bonds is 2. The minimum Gasteiger partial charge on any atom is -0.369 e. The fraction of sp³-hybridized carbons (Fsp3) is 0.889. The molecule has 13 heavy (non-hydrogen) atoms. The topological polar surface area (TPSA) is 58.4 Å². The average Bonchev–Trinajstić information content (AvgIpc) is 2.75. The zero-order valence-electron chi connectivity index (χ0n) is 7.83. The van der Waals surface area contributed by atoms with Crippen molar-refractivity contribution in [3.05, 3.63) is 0 Å². The molecular formula is C9H17N3O. The zero-order valence-corrected chi connectivity index (χ0v) is 7.83. The van der Waals surface area contributed by atoms with Gasteiger partial charge in [-0.05, 0) is 25.9 Å². The van der Waals surface area contributed by atoms with Crippen molar-refractivity contribution in [1.82, 2.24) is 10.2 Å². The quantitative estimate of drug-likeness (QED) is 0.586. The maximum atomic E-state index is 10.9. The van der Waals surface area contributed by atoms with Gasteiger partial charge in [0.15, 0.2) is 0 Å². The van der Waals surface area contributed by atoms with E-state index in [0.29, 0.717) is 6.04 Å². The molecule has 0 aromatic heterocycles. The molecule has 2 fully saturated rings. The monoisotopic (exact) mass is 183 g/mol. The van der Waals surface area contributed by atoms with Crippen LogP contribution in [0.3, 0.4) is 0 Å². The van der Waals surface area contributed by atoms with E-state index in [2.05, 4.69) is 10.2 Å². The number of nitrogens with two attached hydrogens (primary N) is 1. The third-order valence-corrected chi connectivity index (χ3v) is 3.17. The second kappa shape index (κ2) is 3.64. The maximum absolute atomic E-state index is 10.9. The van der Waals surface area contributed by atoms with Gasteiger partial charge in [0, 0.05) is 19.1 Å². The number of hydrogen-bond donors (Lipinski definition) is 2. The molecule has 2 saturated heterocycles. The molecule has 0 aromatic carbocycles. The summed E-state index contributed by atoms with van der Waals surface area (Å²) in [6.07, 6.45) is 2.16. The van der Waals surface area contributed by atoms with Crippen LogP contribution in [0.2, 0.25) is 0 Å². The van der Waals surface area contributed by atoms with Crippen molar-refractivity contribution in [2.45, 2.75) is 18.9 Å². The van der Waals surface area contributed by atoms with Crippen molar-refractivity contribution in [1.29, 1.82) is 0 Å². The molecule has 0 bridgehead atoms. The molecule has 2 rings (SSSR count). The van der Waals surface area contributed by atoms with E-state index < -0.39 is 0 Å². The molecule has 2 atom stereocenters. The molecule has 0 radical (unpaired) electrons. The van der Waals surface area contributed by atoms with Crippen LogP contribution in [0.25, 0.3) is 0 Å². The molecule has 0 spiro atoms. The zero-order chi connectivity index (χ0) is 9.26. The standard InChI is InChI=1S/C9H17N3O/c10-9(13)7-2-4-12(6-7)8-1-3-11-5-8/h7-8,11H,1-6H2,(H2,10,13). The number of nitrogens with one attached hydrogen (secondary N) is 1. The van der Waals surface area contributed by atoms with Crippen LogP contribution in [0.4, 0.5) is 0 Å². The first kappa shape index (κ1) is 8.97. The summed E-state index contributed by atoms with van der Waals surface area (Å²) in [5.41, 5.74) is 5.28. The van der Waals surface area contributed by atoms with Crippen LogP contribution in [0.15, 0.2) is 0 Å². The molecule has 3 N–H and O–H groups in total. The number of likely N-dealkylation sites (tertiary alicyclic amines) is 1. The molecule has 74 valence electrons. The van der Waals surface area contributed by atoms with Gasteiger partial charge < -0.3 is 11.1 Å². The first-order valence-corrected chi connectivity index (χ1v) is 5.01. The van der Waals surface area contributed by atoms with Crippen molar-refractivity contribution in [2.75, 3.05) is 26.2 Å². The van der Waals surface area contributed by atoms with E-state index in [9.17, 15) is 4.79 Å². The first-order valence-electron chi connectivity index (χ1n) is 5.01. The van der Waals surface area contributed by atoms with Crippen LogP contribution < -0.4 is 11.1 Å². The molecule has 0 saturated carbocycles. The first-order chi connectivity index (χ1) is 6.27. The molecule has 1 amide bonds. The number of nitrogens with zero attached hydrogens (tertiary/aromatic N) is 1. The van der Waals surface area contributed by atoms with Crippen molar-refractivity contribution < 1.29 is 4.79 Å². The normalized spacial score (nSPS) is 35.4. The molecule has 0 aliphatic carbocycles. The van der Waals surface area contributed by atoms with Gasteiger partial charge in [-0.25, -0.2) is 0 Å². The Morgan fingerprint density at radius 3 is 2.85 bits per heavy atom. The van der Waals surface area contributed by atoms with Crippen molar-refractivity contribution in [2.24, 2.45) is 11.7 Å². The molecule has 2 aliphatic heterocycles. The van der Waals surface area contributed by atoms with E-state index in [0.717, 1.165) is 32.6 Å². The summed E-state index contributed by atoms with van der Waals surface area (Å²) in [4.78, 5) is 13.3. The lowest BCUT2D eigenvalue weighted by Gasteiger charge is -2.22. The SMILES string of the molecule is NC(=O)C1CCN(C2CCNC2)C1. The van der Waals surface area contributed by atoms with Gasteiger partial charge in [0.05, 0.1) is 5.92 Å². The Morgan fingerprint density at radius 1 is 1.46 bits per heavy atom. The Kier molecular flexibility index (Phi) is 2.51. The second-order valence-corrected chi connectivity index (χ2v) is 4.03. The van der Waals surface area contributed by atoms with Crippen molar-refractivity contribution >= 4 is 5.91 Å². The Bertz CT molecular complexity index is 201. The van der Waals surface area contributed by atoms with Gasteiger partial charge in [-0.2, -0.15) is 0 Å². The van der Waals surface area contributed by atoms with Crippen LogP contribution in [0.5, 0.6) is 0 Å². The molecule has 4 nitrogen and oxygen atoms in total. The summed E-state index contributed by atoms with van der Waals surface area (Å²) < 4.78 is 0. The molecule has 2 unspecified atom stereocenters. The predicted octanol–water partition coefficient (Wildman–Crippen LogP) is -0.844. The van der Waals surface area contributed by atoms with E-state index in [1.807, 2.05) is 0 Å². The highest BCUT2D eigenvalue weighted by molar-refractivity contribution is 5.77. The van der Waals surface area contributed by atoms with E-state index in [1.54, 1.807) is 0 Å². The van der Waals surface area contributed by atoms with Gasteiger partial charge in [0.1, 0.15) is 0 Å². The van der Waals surface area contributed by atoms with Crippen LogP contribution in [-0.4, -0.2) is 43.0 Å². The highest BCUT2D eigenvalue weighted by Gasteiger charge is 2.32. The number of amides is 1. The van der Waals surface area contributed by atoms with Crippen LogP contribution in [-0.2, 0) is 4.79 Å². The summed E-state index contributed by atoms with van der Waals surface area (Å²) in [5.74, 6) is -0.0333. The average molecular weight is 183 g/mol. The number of carbonyl (C=O) groups excluding carboxylic acids is 1. The van der Waals surface area contributed by atoms with Gasteiger partial charge in [-0.1, -0.05) is 0 Å². The minimum absolute atomic E-state index is 0.0978. The highest BCUT2D eigenvalue weighted by atomic mass is 16.1. The Morgan fingerprint density at radius 2 is 2.31 bits per heavy atom. The van der Waals surface area contributed by atoms with E-state index >= 15 is 0 Å². The number of primary amides is 1. The van der Waals surface area contributed by atoms with Crippen molar-refractivity contribution in [3.63, 3.8) is 0 Å². The predicted molar refractivity (Wildman–Crippen MR) is 50.1 cm³/mol. The Labute approximate surface area is 78.5 Å². The number of carbonyl (C=O) groups is 1. The maximum Gasteiger partial charge on any atom is 0.221 e. The van der Waals surface area contributed by atoms with Crippen LogP contribution in [0, 0.1) is 5.92 Å². The number of hydrogen-bond acceptors (Lipinski definition) is 3. The summed E-state index contributed by atoms with van der Waals surface area (Å²) in [5, 5.41) is 3.34. The summed E-state index contributed by atoms with van der Waals surface area (Å²) in [7, 11) is 0. The Hall–Kier alpha value is -0.610. The molecular weight excluding hydrogens is 166 g/mol. The minimum atomic E-state index is -0.131. The molecule has 2 heterocycles. The van der Waals surface area contributed by atoms with Gasteiger partial charge in [0.25, 0.3) is 0 Å². The van der Waals surface area contributed by atoms with Gasteiger partial charge >= 0.3 is 0 Å². The largest absolute Gasteiger partial charge is 0.369 e. The van der Waals surface area contributed by atoms with Crippen LogP contribution in [0.1, 0.15) is 12.8 Å². The van der Waals surface area contributed by atoms with E-state index in [-0.39, 0.29) is 11.8 Å². The fourth-order valence-electron chi connectivity index (χ4n) is 2.30. The molecule has 0 aromatic rings. The summed E-state index contributed by atoms with van der Waals surface area (Å²) >= 11 is 0. The Balaban J connectivity index is 1.86. The highest BCUT2D eigenvalue weighted by Crippen LogP contribution is 2.20. The smallest absolute Gasteiger partial charge is 0.221 e. The lowest BCUT2D eigenvalue weighted by Crippen LogP contribution is -2.36. The van der Waals surface area contributed by atoms with Crippen LogP contribution >= 0.6 is 0 Å². The van der Waals surface area contributed by atoms with Gasteiger partial charge in [-0.3, -0.25) is 9.69 Å². The third kappa shape index (κ3) is 1.84. The van der Waals surface area contributed by atoms with E-state index in [1.165, 1.54) is 6.42 Å². The molecule has 2 aliphatic rings. The molecule has 4 heteroatoms. The fourth-order valence-corrected chi connectivity index (χ4v) is 2.30.